The molecule has 6 rings (SSSR count). The lowest BCUT2D eigenvalue weighted by atomic mass is 9.97. The normalized spacial score (nSPS) is 21.8. The van der Waals surface area contributed by atoms with Crippen LogP contribution in [-0.2, 0) is 0 Å². The van der Waals surface area contributed by atoms with Crippen LogP contribution in [0.4, 0.5) is 0 Å². The summed E-state index contributed by atoms with van der Waals surface area (Å²) in [5, 5.41) is 28.6. The summed E-state index contributed by atoms with van der Waals surface area (Å²) in [6.45, 7) is 2.15. The summed E-state index contributed by atoms with van der Waals surface area (Å²) in [7, 11) is 2.26. The van der Waals surface area contributed by atoms with Gasteiger partial charge in [-0.05, 0) is 57.9 Å². The topological polar surface area (TPSA) is 85.9 Å². The van der Waals surface area contributed by atoms with Gasteiger partial charge in [-0.3, -0.25) is 4.68 Å². The molecular formula is C27H25N7S. The van der Waals surface area contributed by atoms with Crippen molar-refractivity contribution >= 4 is 17.3 Å². The zero-order chi connectivity index (χ0) is 24.1. The van der Waals surface area contributed by atoms with E-state index in [0.717, 1.165) is 45.0 Å². The summed E-state index contributed by atoms with van der Waals surface area (Å²) in [5.41, 5.74) is 5.11. The first-order valence-electron chi connectivity index (χ1n) is 11.9. The van der Waals surface area contributed by atoms with Crippen LogP contribution in [0, 0.1) is 29.6 Å². The van der Waals surface area contributed by atoms with E-state index < -0.39 is 0 Å². The molecule has 2 aliphatic heterocycles. The Morgan fingerprint density at radius 3 is 2.43 bits per heavy atom. The van der Waals surface area contributed by atoms with E-state index in [0.29, 0.717) is 29.3 Å². The minimum atomic E-state index is 0.424. The van der Waals surface area contributed by atoms with Gasteiger partial charge in [-0.25, -0.2) is 4.52 Å². The van der Waals surface area contributed by atoms with Gasteiger partial charge in [0.05, 0.1) is 35.1 Å². The summed E-state index contributed by atoms with van der Waals surface area (Å²) in [5.74, 6) is 0. The van der Waals surface area contributed by atoms with Crippen LogP contribution in [0.25, 0.3) is 16.6 Å². The largest absolute Gasteiger partial charge is 0.300 e. The highest BCUT2D eigenvalue weighted by Gasteiger charge is 2.39. The van der Waals surface area contributed by atoms with Gasteiger partial charge in [0.25, 0.3) is 0 Å². The minimum absolute atomic E-state index is 0.424. The molecule has 0 aliphatic carbocycles. The number of aromatic nitrogens is 4. The standard InChI is InChI=1S/C27H25N7S/c1-17-24(15-31-34(17)23-10-21-7-8-22(11-23)32(21)2)19-9-26(27-20(13-29)14-30-33(27)16-19)35-25-6-4-3-5-18(25)12-28/h3-6,9,14-16,21-23H,7-8,10-11H2,1-2H3/t21-,22+,23+. The van der Waals surface area contributed by atoms with Crippen LogP contribution in [0.2, 0.25) is 0 Å². The molecule has 7 nitrogen and oxygen atoms in total. The number of fused-ring (bicyclic) bond motifs is 3. The zero-order valence-corrected chi connectivity index (χ0v) is 20.5. The number of pyridine rings is 1. The van der Waals surface area contributed by atoms with Crippen LogP contribution in [0.15, 0.2) is 58.7 Å². The van der Waals surface area contributed by atoms with E-state index in [1.807, 2.05) is 36.7 Å². The summed E-state index contributed by atoms with van der Waals surface area (Å²) in [4.78, 5) is 4.30. The predicted molar refractivity (Wildman–Crippen MR) is 134 cm³/mol. The van der Waals surface area contributed by atoms with Crippen molar-refractivity contribution in [2.24, 2.45) is 0 Å². The van der Waals surface area contributed by atoms with Crippen LogP contribution >= 0.6 is 11.8 Å². The molecule has 1 aromatic carbocycles. The summed E-state index contributed by atoms with van der Waals surface area (Å²) < 4.78 is 4.00. The minimum Gasteiger partial charge on any atom is -0.300 e. The third-order valence-electron chi connectivity index (χ3n) is 7.70. The van der Waals surface area contributed by atoms with Crippen molar-refractivity contribution in [1.29, 1.82) is 10.5 Å². The van der Waals surface area contributed by atoms with Gasteiger partial charge in [-0.2, -0.15) is 20.7 Å². The first kappa shape index (κ1) is 21.9. The molecule has 2 saturated heterocycles. The Balaban J connectivity index is 1.42. The van der Waals surface area contributed by atoms with Crippen LogP contribution in [0.1, 0.15) is 48.5 Å². The van der Waals surface area contributed by atoms with Crippen molar-refractivity contribution in [2.75, 3.05) is 7.05 Å². The number of hydrogen-bond donors (Lipinski definition) is 0. The van der Waals surface area contributed by atoms with E-state index in [-0.39, 0.29) is 0 Å². The molecule has 4 aromatic rings. The molecule has 2 bridgehead atoms. The fourth-order valence-corrected chi connectivity index (χ4v) is 6.91. The molecule has 0 amide bonds. The van der Waals surface area contributed by atoms with Crippen molar-refractivity contribution in [3.63, 3.8) is 0 Å². The Bertz CT molecular complexity index is 1500. The fraction of sp³-hybridized carbons (Fsp3) is 0.333. The van der Waals surface area contributed by atoms with E-state index in [4.69, 9.17) is 5.10 Å². The Hall–Kier alpha value is -3.59. The second-order valence-electron chi connectivity index (χ2n) is 9.53. The van der Waals surface area contributed by atoms with Crippen molar-refractivity contribution in [2.45, 2.75) is 60.5 Å². The molecule has 8 heteroatoms. The average Bonchev–Trinajstić information content (AvgIpc) is 3.51. The molecule has 35 heavy (non-hydrogen) atoms. The number of piperidine rings is 1. The van der Waals surface area contributed by atoms with E-state index in [1.54, 1.807) is 10.7 Å². The van der Waals surface area contributed by atoms with Gasteiger partial charge in [-0.15, -0.1) is 0 Å². The van der Waals surface area contributed by atoms with Crippen molar-refractivity contribution < 1.29 is 0 Å². The number of benzene rings is 1. The van der Waals surface area contributed by atoms with Gasteiger partial charge in [0, 0.05) is 44.9 Å². The highest BCUT2D eigenvalue weighted by molar-refractivity contribution is 7.99. The summed E-state index contributed by atoms with van der Waals surface area (Å²) in [6.07, 6.45) is 10.4. The van der Waals surface area contributed by atoms with E-state index >= 15 is 0 Å². The Morgan fingerprint density at radius 2 is 1.69 bits per heavy atom. The Morgan fingerprint density at radius 1 is 0.943 bits per heavy atom. The maximum absolute atomic E-state index is 9.68. The monoisotopic (exact) mass is 479 g/mol. The SMILES string of the molecule is Cc1c(-c2cc(Sc3ccccc3C#N)c3c(C#N)cnn3c2)cnn1[C@H]1C[C@H]2CC[C@@H](C1)N2C. The lowest BCUT2D eigenvalue weighted by molar-refractivity contribution is 0.130. The quantitative estimate of drug-likeness (QED) is 0.400. The van der Waals surface area contributed by atoms with Crippen LogP contribution < -0.4 is 0 Å². The first-order chi connectivity index (χ1) is 17.1. The first-order valence-corrected chi connectivity index (χ1v) is 12.7. The zero-order valence-electron chi connectivity index (χ0n) is 19.7. The second kappa shape index (κ2) is 8.57. The number of rotatable bonds is 4. The van der Waals surface area contributed by atoms with Gasteiger partial charge in [-0.1, -0.05) is 23.9 Å². The number of hydrogen-bond acceptors (Lipinski definition) is 6. The molecule has 174 valence electrons. The van der Waals surface area contributed by atoms with Crippen LogP contribution in [-0.4, -0.2) is 43.4 Å². The molecule has 3 atom stereocenters. The molecular weight excluding hydrogens is 454 g/mol. The van der Waals surface area contributed by atoms with Crippen molar-refractivity contribution in [3.05, 3.63) is 65.7 Å². The van der Waals surface area contributed by atoms with Gasteiger partial charge in [0.2, 0.25) is 0 Å². The highest BCUT2D eigenvalue weighted by Crippen LogP contribution is 2.42. The van der Waals surface area contributed by atoms with Crippen molar-refractivity contribution in [3.8, 4) is 23.3 Å². The number of nitriles is 2. The Labute approximate surface area is 208 Å². The molecule has 0 unspecified atom stereocenters. The van der Waals surface area contributed by atoms with Gasteiger partial charge >= 0.3 is 0 Å². The lowest BCUT2D eigenvalue weighted by Gasteiger charge is -2.36. The smallest absolute Gasteiger partial charge is 0.103 e. The molecule has 2 fully saturated rings. The predicted octanol–water partition coefficient (Wildman–Crippen LogP) is 5.20. The van der Waals surface area contributed by atoms with Gasteiger partial charge < -0.3 is 4.90 Å². The maximum atomic E-state index is 9.68. The maximum Gasteiger partial charge on any atom is 0.103 e. The molecule has 0 spiro atoms. The molecule has 2 aliphatic rings. The Kier molecular flexibility index (Phi) is 5.36. The highest BCUT2D eigenvalue weighted by atomic mass is 32.2. The summed E-state index contributed by atoms with van der Waals surface area (Å²) in [6, 6.07) is 15.9. The van der Waals surface area contributed by atoms with E-state index in [9.17, 15) is 10.5 Å². The average molecular weight is 480 g/mol. The van der Waals surface area contributed by atoms with Crippen LogP contribution in [0.3, 0.4) is 0 Å². The second-order valence-corrected chi connectivity index (χ2v) is 10.6. The summed E-state index contributed by atoms with van der Waals surface area (Å²) >= 11 is 1.49. The third kappa shape index (κ3) is 3.61. The van der Waals surface area contributed by atoms with Gasteiger partial charge in [0.1, 0.15) is 12.1 Å². The molecule has 5 heterocycles. The fourth-order valence-electron chi connectivity index (χ4n) is 5.82. The van der Waals surface area contributed by atoms with Crippen LogP contribution in [0.5, 0.6) is 0 Å². The van der Waals surface area contributed by atoms with E-state index in [2.05, 4.69) is 46.9 Å². The molecule has 3 aromatic heterocycles. The molecule has 0 saturated carbocycles. The number of nitrogens with zero attached hydrogens (tertiary/aromatic N) is 7. The van der Waals surface area contributed by atoms with Crippen molar-refractivity contribution in [1.82, 2.24) is 24.3 Å². The third-order valence-corrected chi connectivity index (χ3v) is 8.81. The lowest BCUT2D eigenvalue weighted by Crippen LogP contribution is -2.40. The molecule has 0 radical (unpaired) electrons. The van der Waals surface area contributed by atoms with E-state index in [1.165, 1.54) is 24.6 Å². The van der Waals surface area contributed by atoms with Gasteiger partial charge in [0.15, 0.2) is 0 Å². The molecule has 0 N–H and O–H groups in total.